The highest BCUT2D eigenvalue weighted by Gasteiger charge is 2.39. The van der Waals surface area contributed by atoms with E-state index in [0.29, 0.717) is 0 Å². The van der Waals surface area contributed by atoms with Gasteiger partial charge in [0.1, 0.15) is 22.3 Å². The number of furan rings is 2. The van der Waals surface area contributed by atoms with Gasteiger partial charge in [-0.05, 0) is 228 Å². The Morgan fingerprint density at radius 2 is 0.607 bits per heavy atom. The van der Waals surface area contributed by atoms with Crippen LogP contribution in [0.2, 0.25) is 0 Å². The zero-order valence-corrected chi connectivity index (χ0v) is 61.1. The summed E-state index contributed by atoms with van der Waals surface area (Å²) in [4.78, 5) is 0. The number of nitrogens with zero attached hydrogens (tertiary/aromatic N) is 1. The average Bonchev–Trinajstić information content (AvgIpc) is 1.56. The number of benzene rings is 18. The lowest BCUT2D eigenvalue weighted by Crippen LogP contribution is -2.15. The summed E-state index contributed by atoms with van der Waals surface area (Å²) in [5.41, 5.74) is 28.8. The molecule has 3 nitrogen and oxygen atoms in total. The molecule has 3 aliphatic rings. The molecule has 0 spiro atoms. The first-order chi connectivity index (χ1) is 52.5. The van der Waals surface area contributed by atoms with E-state index in [-0.39, 0.29) is 10.8 Å². The second-order valence-electron chi connectivity index (χ2n) is 30.6. The van der Waals surface area contributed by atoms with Crippen molar-refractivity contribution in [3.63, 3.8) is 0 Å². The van der Waals surface area contributed by atoms with Gasteiger partial charge in [-0.15, -0.1) is 0 Å². The Balaban J connectivity index is 0.000000112. The molecule has 3 aliphatic carbocycles. The van der Waals surface area contributed by atoms with Crippen molar-refractivity contribution in [1.29, 1.82) is 0 Å². The van der Waals surface area contributed by atoms with Crippen LogP contribution < -0.4 is 0 Å². The summed E-state index contributed by atoms with van der Waals surface area (Å²) in [6.45, 7) is 9.49. The normalized spacial score (nSPS) is 13.6. The molecule has 0 N–H and O–H groups in total. The Hall–Kier alpha value is -12.6. The molecule has 504 valence electrons. The van der Waals surface area contributed by atoms with E-state index in [1.807, 2.05) is 24.3 Å². The number of fused-ring (bicyclic) bond motifs is 30. The Morgan fingerprint density at radius 1 is 0.252 bits per heavy atom. The van der Waals surface area contributed by atoms with Gasteiger partial charge >= 0.3 is 0 Å². The fourth-order valence-electron chi connectivity index (χ4n) is 19.0. The Kier molecular flexibility index (Phi) is 13.4. The van der Waals surface area contributed by atoms with Gasteiger partial charge in [-0.25, -0.2) is 0 Å². The van der Waals surface area contributed by atoms with Gasteiger partial charge in [0.05, 0.1) is 11.0 Å². The monoisotopic (exact) mass is 1430 g/mol. The van der Waals surface area contributed by atoms with E-state index < -0.39 is 0 Å². The molecule has 0 atom stereocenters. The zero-order valence-electron chi connectivity index (χ0n) is 59.5. The molecular formula is C103H68BrNO2. The van der Waals surface area contributed by atoms with Gasteiger partial charge in [-0.3, -0.25) is 0 Å². The van der Waals surface area contributed by atoms with Crippen molar-refractivity contribution in [2.45, 2.75) is 44.9 Å². The third kappa shape index (κ3) is 9.19. The summed E-state index contributed by atoms with van der Waals surface area (Å²) >= 11 is 3.47. The molecule has 0 unspecified atom stereocenters. The maximum Gasteiger partial charge on any atom is 0.143 e. The van der Waals surface area contributed by atoms with Crippen molar-refractivity contribution in [2.24, 2.45) is 0 Å². The van der Waals surface area contributed by atoms with E-state index in [9.17, 15) is 0 Å². The molecule has 0 saturated heterocycles. The fourth-order valence-corrected chi connectivity index (χ4v) is 19.3. The molecule has 4 heteroatoms. The van der Waals surface area contributed by atoms with Gasteiger partial charge in [0.15, 0.2) is 0 Å². The number of aromatic nitrogens is 1. The van der Waals surface area contributed by atoms with Crippen molar-refractivity contribution < 1.29 is 8.83 Å². The van der Waals surface area contributed by atoms with E-state index in [0.717, 1.165) is 71.9 Å². The molecule has 0 bridgehead atoms. The number of rotatable bonds is 3. The largest absolute Gasteiger partial charge is 0.455 e. The number of hydrogen-bond donors (Lipinski definition) is 0. The smallest absolute Gasteiger partial charge is 0.143 e. The highest BCUT2D eigenvalue weighted by molar-refractivity contribution is 9.10. The minimum Gasteiger partial charge on any atom is -0.455 e. The minimum absolute atomic E-state index is 0.0485. The first kappa shape index (κ1) is 61.8. The standard InChI is InChI=1S/C51H33NO.C34H24.C18H11BrO/c1-51(2)45-20-9-7-16-37(45)42-27-44-43-26-40-35-14-5-3-12-33(35)34-13-4-6-15-36(34)41(40)28-47(43)52(48(44)29-46(42)51)31-24-22-30(23-25-31)32-18-11-19-39-38-17-8-10-21-49(38)53-50(32)39;1-34(2)32-14-8-7-13-26(32)31-19-28-21(17-33(31)34)15-20-16-29-24-11-5-3-9-22(24)23-10-4-6-12-25(23)30(29)18-27(20)28;19-13-10-8-12(9-11-13)14-5-3-6-16-15-4-1-2-7-17(15)20-18(14)16/h3-29H,1-2H3;3-14,16-19H,15H2,1-2H3;1-11H. The van der Waals surface area contributed by atoms with Gasteiger partial charge in [0.2, 0.25) is 0 Å². The predicted molar refractivity (Wildman–Crippen MR) is 455 cm³/mol. The topological polar surface area (TPSA) is 31.2 Å². The summed E-state index contributed by atoms with van der Waals surface area (Å²) in [6, 6.07) is 120. The molecule has 3 heterocycles. The maximum atomic E-state index is 6.45. The molecule has 107 heavy (non-hydrogen) atoms. The van der Waals surface area contributed by atoms with Crippen molar-refractivity contribution in [3.05, 3.63) is 365 Å². The molecule has 0 radical (unpaired) electrons. The van der Waals surface area contributed by atoms with Crippen molar-refractivity contribution in [1.82, 2.24) is 4.57 Å². The third-order valence-corrected chi connectivity index (χ3v) is 24.7. The first-order valence-electron chi connectivity index (χ1n) is 37.3. The van der Waals surface area contributed by atoms with Crippen molar-refractivity contribution >= 4 is 146 Å². The molecule has 21 aromatic rings. The van der Waals surface area contributed by atoms with Crippen LogP contribution in [0.25, 0.3) is 192 Å². The average molecular weight is 1430 g/mol. The first-order valence-corrected chi connectivity index (χ1v) is 38.0. The Bertz CT molecular complexity index is 7400. The van der Waals surface area contributed by atoms with E-state index >= 15 is 0 Å². The van der Waals surface area contributed by atoms with E-state index in [1.165, 1.54) is 164 Å². The minimum atomic E-state index is -0.104. The predicted octanol–water partition coefficient (Wildman–Crippen LogP) is 29.2. The molecule has 3 aromatic heterocycles. The van der Waals surface area contributed by atoms with Gasteiger partial charge in [-0.1, -0.05) is 292 Å². The third-order valence-electron chi connectivity index (χ3n) is 24.2. The van der Waals surface area contributed by atoms with Crippen molar-refractivity contribution in [2.75, 3.05) is 0 Å². The van der Waals surface area contributed by atoms with Gasteiger partial charge in [0.25, 0.3) is 0 Å². The molecule has 0 aliphatic heterocycles. The van der Waals surface area contributed by atoms with Gasteiger partial charge in [0, 0.05) is 64.4 Å². The summed E-state index contributed by atoms with van der Waals surface area (Å²) in [6.07, 6.45) is 1.02. The quantitative estimate of drug-likeness (QED) is 0.165. The zero-order chi connectivity index (χ0) is 71.1. The van der Waals surface area contributed by atoms with Gasteiger partial charge in [-0.2, -0.15) is 0 Å². The van der Waals surface area contributed by atoms with Gasteiger partial charge < -0.3 is 13.4 Å². The fraction of sp³-hybridized carbons (Fsp3) is 0.0680. The lowest BCUT2D eigenvalue weighted by molar-refractivity contribution is 0.659. The van der Waals surface area contributed by atoms with Crippen LogP contribution in [0, 0.1) is 0 Å². The summed E-state index contributed by atoms with van der Waals surface area (Å²) in [5.74, 6) is 0. The molecular weight excluding hydrogens is 1360 g/mol. The van der Waals surface area contributed by atoms with E-state index in [2.05, 4.69) is 352 Å². The van der Waals surface area contributed by atoms with Crippen LogP contribution in [0.5, 0.6) is 0 Å². The second kappa shape index (κ2) is 23.2. The lowest BCUT2D eigenvalue weighted by Gasteiger charge is -2.22. The SMILES string of the molecule is Brc1ccc(-c2cccc3c2oc2ccccc23)cc1.CC1(C)c2ccccc2-c2cc3c(cc21)Cc1cc2c4ccccc4c4ccccc4c2cc1-3.CC1(C)c2ccccc2-c2cc3c4cc5c6ccccc6c6ccccc6c5cc4n(-c4ccc(-c5cccc6c5oc5ccccc56)cc4)c3cc21. The van der Waals surface area contributed by atoms with Crippen LogP contribution in [0.3, 0.4) is 0 Å². The highest BCUT2D eigenvalue weighted by Crippen LogP contribution is 2.55. The van der Waals surface area contributed by atoms with Crippen LogP contribution in [-0.4, -0.2) is 4.57 Å². The lowest BCUT2D eigenvalue weighted by atomic mass is 9.81. The van der Waals surface area contributed by atoms with Crippen molar-refractivity contribution in [3.8, 4) is 61.3 Å². The Labute approximate surface area is 626 Å². The highest BCUT2D eigenvalue weighted by atomic mass is 79.9. The number of para-hydroxylation sites is 4. The van der Waals surface area contributed by atoms with Crippen LogP contribution in [-0.2, 0) is 17.3 Å². The van der Waals surface area contributed by atoms with E-state index in [4.69, 9.17) is 8.83 Å². The van der Waals surface area contributed by atoms with Crippen LogP contribution >= 0.6 is 15.9 Å². The summed E-state index contributed by atoms with van der Waals surface area (Å²) < 4.78 is 16.1. The summed E-state index contributed by atoms with van der Waals surface area (Å²) in [5, 5.41) is 23.0. The van der Waals surface area contributed by atoms with E-state index in [1.54, 1.807) is 0 Å². The molecule has 0 fully saturated rings. The van der Waals surface area contributed by atoms with Crippen LogP contribution in [0.4, 0.5) is 0 Å². The number of halogens is 1. The summed E-state index contributed by atoms with van der Waals surface area (Å²) in [7, 11) is 0. The second-order valence-corrected chi connectivity index (χ2v) is 31.5. The molecule has 24 rings (SSSR count). The Morgan fingerprint density at radius 3 is 1.13 bits per heavy atom. The molecule has 18 aromatic carbocycles. The molecule has 0 amide bonds. The number of hydrogen-bond acceptors (Lipinski definition) is 2. The molecule has 0 saturated carbocycles. The van der Waals surface area contributed by atoms with Crippen LogP contribution in [0.1, 0.15) is 61.1 Å². The van der Waals surface area contributed by atoms with Crippen LogP contribution in [0.15, 0.2) is 341 Å². The maximum absolute atomic E-state index is 6.45.